The Morgan fingerprint density at radius 1 is 1.42 bits per heavy atom. The van der Waals surface area contributed by atoms with Crippen LogP contribution in [-0.4, -0.2) is 34.8 Å². The Hall–Kier alpha value is -1.06. The van der Waals surface area contributed by atoms with Crippen molar-refractivity contribution < 1.29 is 10.0 Å². The minimum atomic E-state index is 0.129. The van der Waals surface area contributed by atoms with Gasteiger partial charge in [0.05, 0.1) is 5.71 Å². The maximum atomic E-state index is 12.7. The second kappa shape index (κ2) is 5.51. The number of carbonyl (C=O) groups is 1. The van der Waals surface area contributed by atoms with Gasteiger partial charge in [-0.05, 0) is 18.3 Å². The highest BCUT2D eigenvalue weighted by atomic mass is 16.4. The fourth-order valence-electron chi connectivity index (χ4n) is 3.54. The first-order chi connectivity index (χ1) is 8.95. The largest absolute Gasteiger partial charge is 0.411 e. The monoisotopic (exact) mass is 266 g/mol. The predicted molar refractivity (Wildman–Crippen MR) is 75.3 cm³/mol. The SMILES string of the molecule is CC1CN(C(=O)C2CCCCC2(C)C)CCC1=NO. The second-order valence-corrected chi connectivity index (χ2v) is 6.81. The third-order valence-corrected chi connectivity index (χ3v) is 4.95. The quantitative estimate of drug-likeness (QED) is 0.586. The number of amides is 1. The molecule has 0 radical (unpaired) electrons. The molecule has 1 heterocycles. The molecule has 1 saturated heterocycles. The molecule has 1 N–H and O–H groups in total. The Morgan fingerprint density at radius 3 is 2.74 bits per heavy atom. The number of likely N-dealkylation sites (tertiary alicyclic amines) is 1. The van der Waals surface area contributed by atoms with Crippen LogP contribution in [0.5, 0.6) is 0 Å². The minimum Gasteiger partial charge on any atom is -0.411 e. The van der Waals surface area contributed by atoms with Gasteiger partial charge in [-0.2, -0.15) is 0 Å². The summed E-state index contributed by atoms with van der Waals surface area (Å²) < 4.78 is 0. The van der Waals surface area contributed by atoms with Gasteiger partial charge in [0.1, 0.15) is 0 Å². The van der Waals surface area contributed by atoms with Crippen molar-refractivity contribution in [1.29, 1.82) is 0 Å². The van der Waals surface area contributed by atoms with Gasteiger partial charge >= 0.3 is 0 Å². The smallest absolute Gasteiger partial charge is 0.226 e. The van der Waals surface area contributed by atoms with Crippen molar-refractivity contribution >= 4 is 11.6 Å². The molecule has 0 aromatic rings. The van der Waals surface area contributed by atoms with Crippen LogP contribution in [0.4, 0.5) is 0 Å². The van der Waals surface area contributed by atoms with Crippen molar-refractivity contribution in [3.63, 3.8) is 0 Å². The highest BCUT2D eigenvalue weighted by Crippen LogP contribution is 2.41. The van der Waals surface area contributed by atoms with Crippen molar-refractivity contribution in [2.75, 3.05) is 13.1 Å². The molecule has 0 bridgehead atoms. The molecule has 1 aliphatic carbocycles. The summed E-state index contributed by atoms with van der Waals surface area (Å²) in [6.07, 6.45) is 5.30. The van der Waals surface area contributed by atoms with E-state index in [1.165, 1.54) is 12.8 Å². The topological polar surface area (TPSA) is 52.9 Å². The van der Waals surface area contributed by atoms with Crippen LogP contribution in [0, 0.1) is 17.3 Å². The van der Waals surface area contributed by atoms with E-state index in [0.717, 1.165) is 18.6 Å². The number of nitrogens with zero attached hydrogens (tertiary/aromatic N) is 2. The number of hydrogen-bond acceptors (Lipinski definition) is 3. The Labute approximate surface area is 115 Å². The number of oxime groups is 1. The van der Waals surface area contributed by atoms with Gasteiger partial charge in [0.25, 0.3) is 0 Å². The van der Waals surface area contributed by atoms with E-state index in [1.807, 2.05) is 11.8 Å². The van der Waals surface area contributed by atoms with Crippen LogP contribution in [0.15, 0.2) is 5.16 Å². The van der Waals surface area contributed by atoms with Gasteiger partial charge in [0.15, 0.2) is 0 Å². The first-order valence-corrected chi connectivity index (χ1v) is 7.45. The van der Waals surface area contributed by atoms with Crippen molar-refractivity contribution in [2.45, 2.75) is 52.9 Å². The number of hydrogen-bond donors (Lipinski definition) is 1. The summed E-state index contributed by atoms with van der Waals surface area (Å²) in [6, 6.07) is 0. The molecular weight excluding hydrogens is 240 g/mol. The maximum Gasteiger partial charge on any atom is 0.226 e. The zero-order valence-corrected chi connectivity index (χ0v) is 12.4. The summed E-state index contributed by atoms with van der Waals surface area (Å²) in [7, 11) is 0. The Kier molecular flexibility index (Phi) is 4.16. The summed E-state index contributed by atoms with van der Waals surface area (Å²) in [5.74, 6) is 0.656. The first kappa shape index (κ1) is 14.4. The van der Waals surface area contributed by atoms with Crippen molar-refractivity contribution in [1.82, 2.24) is 4.90 Å². The lowest BCUT2D eigenvalue weighted by Crippen LogP contribution is -2.49. The standard InChI is InChI=1S/C15H26N2O2/c1-11-10-17(9-7-13(11)16-19)14(18)12-6-4-5-8-15(12,2)3/h11-12,19H,4-10H2,1-3H3. The Balaban J connectivity index is 2.04. The van der Waals surface area contributed by atoms with Gasteiger partial charge in [-0.25, -0.2) is 0 Å². The van der Waals surface area contributed by atoms with Gasteiger partial charge in [0, 0.05) is 31.3 Å². The van der Waals surface area contributed by atoms with Crippen LogP contribution < -0.4 is 0 Å². The molecule has 0 aromatic carbocycles. The van der Waals surface area contributed by atoms with Gasteiger partial charge < -0.3 is 10.1 Å². The highest BCUT2D eigenvalue weighted by molar-refractivity contribution is 5.89. The Bertz CT molecular complexity index is 376. The predicted octanol–water partition coefficient (Wildman–Crippen LogP) is 2.90. The van der Waals surface area contributed by atoms with Crippen molar-refractivity contribution in [3.8, 4) is 0 Å². The molecule has 4 heteroatoms. The molecule has 2 fully saturated rings. The molecule has 2 atom stereocenters. The molecule has 108 valence electrons. The molecule has 1 aliphatic heterocycles. The highest BCUT2D eigenvalue weighted by Gasteiger charge is 2.40. The average molecular weight is 266 g/mol. The van der Waals surface area contributed by atoms with Gasteiger partial charge in [0.2, 0.25) is 5.91 Å². The van der Waals surface area contributed by atoms with Crippen LogP contribution in [-0.2, 0) is 4.79 Å². The van der Waals surface area contributed by atoms with E-state index in [2.05, 4.69) is 19.0 Å². The molecule has 2 aliphatic rings. The van der Waals surface area contributed by atoms with E-state index >= 15 is 0 Å². The van der Waals surface area contributed by atoms with E-state index in [1.54, 1.807) is 0 Å². The molecule has 2 rings (SSSR count). The molecule has 1 saturated carbocycles. The molecule has 19 heavy (non-hydrogen) atoms. The zero-order valence-electron chi connectivity index (χ0n) is 12.4. The zero-order chi connectivity index (χ0) is 14.0. The Morgan fingerprint density at radius 2 is 2.16 bits per heavy atom. The molecular formula is C15H26N2O2. The first-order valence-electron chi connectivity index (χ1n) is 7.45. The molecule has 4 nitrogen and oxygen atoms in total. The van der Waals surface area contributed by atoms with Crippen molar-refractivity contribution in [2.24, 2.45) is 22.4 Å². The minimum absolute atomic E-state index is 0.129. The second-order valence-electron chi connectivity index (χ2n) is 6.81. The number of rotatable bonds is 1. The third kappa shape index (κ3) is 2.93. The maximum absolute atomic E-state index is 12.7. The summed E-state index contributed by atoms with van der Waals surface area (Å²) >= 11 is 0. The van der Waals surface area contributed by atoms with Gasteiger partial charge in [-0.3, -0.25) is 4.79 Å². The summed E-state index contributed by atoms with van der Waals surface area (Å²) in [4.78, 5) is 14.7. The fourth-order valence-corrected chi connectivity index (χ4v) is 3.54. The lowest BCUT2D eigenvalue weighted by molar-refractivity contribution is -0.141. The van der Waals surface area contributed by atoms with E-state index in [9.17, 15) is 4.79 Å². The van der Waals surface area contributed by atoms with Crippen LogP contribution >= 0.6 is 0 Å². The molecule has 0 spiro atoms. The van der Waals surface area contributed by atoms with E-state index < -0.39 is 0 Å². The lowest BCUT2D eigenvalue weighted by atomic mass is 9.68. The molecule has 1 amide bonds. The van der Waals surface area contributed by atoms with E-state index in [-0.39, 0.29) is 17.3 Å². The summed E-state index contributed by atoms with van der Waals surface area (Å²) in [5.41, 5.74) is 0.955. The van der Waals surface area contributed by atoms with E-state index in [4.69, 9.17) is 5.21 Å². The fraction of sp³-hybridized carbons (Fsp3) is 0.867. The number of piperidine rings is 1. The van der Waals surface area contributed by atoms with Gasteiger partial charge in [-0.15, -0.1) is 0 Å². The lowest BCUT2D eigenvalue weighted by Gasteiger charge is -2.42. The summed E-state index contributed by atoms with van der Waals surface area (Å²) in [5, 5.41) is 12.2. The van der Waals surface area contributed by atoms with Crippen LogP contribution in [0.25, 0.3) is 0 Å². The van der Waals surface area contributed by atoms with E-state index in [0.29, 0.717) is 25.4 Å². The third-order valence-electron chi connectivity index (χ3n) is 4.95. The number of carbonyl (C=O) groups excluding carboxylic acids is 1. The average Bonchev–Trinajstić information content (AvgIpc) is 2.37. The van der Waals surface area contributed by atoms with Gasteiger partial charge in [-0.1, -0.05) is 38.8 Å². The van der Waals surface area contributed by atoms with Crippen LogP contribution in [0.1, 0.15) is 52.9 Å². The molecule has 0 aromatic heterocycles. The van der Waals surface area contributed by atoms with Crippen LogP contribution in [0.3, 0.4) is 0 Å². The molecule has 2 unspecified atom stereocenters. The normalized spacial score (nSPS) is 33.4. The summed E-state index contributed by atoms with van der Waals surface area (Å²) in [6.45, 7) is 7.88. The van der Waals surface area contributed by atoms with Crippen LogP contribution in [0.2, 0.25) is 0 Å². The van der Waals surface area contributed by atoms with Crippen molar-refractivity contribution in [3.05, 3.63) is 0 Å².